The summed E-state index contributed by atoms with van der Waals surface area (Å²) in [5.74, 6) is -4.43. The van der Waals surface area contributed by atoms with E-state index in [9.17, 15) is 18.0 Å². The molecular formula is C11H11F3O. The second-order valence-electron chi connectivity index (χ2n) is 3.59. The van der Waals surface area contributed by atoms with E-state index in [1.807, 2.05) is 0 Å². The second kappa shape index (κ2) is 3.68. The predicted octanol–water partition coefficient (Wildman–Crippen LogP) is 3.45. The van der Waals surface area contributed by atoms with Crippen molar-refractivity contribution in [3.63, 3.8) is 0 Å². The molecule has 0 aromatic heterocycles. The van der Waals surface area contributed by atoms with E-state index in [1.54, 1.807) is 0 Å². The zero-order valence-electron chi connectivity index (χ0n) is 8.70. The molecule has 1 rings (SSSR count). The lowest BCUT2D eigenvalue weighted by Crippen LogP contribution is -2.14. The van der Waals surface area contributed by atoms with Crippen LogP contribution in [0.1, 0.15) is 35.3 Å². The van der Waals surface area contributed by atoms with Gasteiger partial charge in [0, 0.05) is 18.1 Å². The van der Waals surface area contributed by atoms with Crippen LogP contribution < -0.4 is 0 Å². The van der Waals surface area contributed by atoms with E-state index in [4.69, 9.17) is 0 Å². The molecule has 0 heterocycles. The van der Waals surface area contributed by atoms with Gasteiger partial charge in [0.25, 0.3) is 5.92 Å². The number of Topliss-reactive ketones (excluding diaryl/α,β-unsaturated/α-hetero) is 1. The molecule has 0 amide bonds. The maximum Gasteiger partial charge on any atom is 0.271 e. The summed E-state index contributed by atoms with van der Waals surface area (Å²) in [6.07, 6.45) is 0. The van der Waals surface area contributed by atoms with Gasteiger partial charge < -0.3 is 0 Å². The van der Waals surface area contributed by atoms with Crippen molar-refractivity contribution in [1.29, 1.82) is 0 Å². The summed E-state index contributed by atoms with van der Waals surface area (Å²) in [6.45, 7) is 3.25. The first-order valence-electron chi connectivity index (χ1n) is 4.43. The van der Waals surface area contributed by atoms with Crippen molar-refractivity contribution in [1.82, 2.24) is 0 Å². The van der Waals surface area contributed by atoms with E-state index in [2.05, 4.69) is 0 Å². The monoisotopic (exact) mass is 216 g/mol. The summed E-state index contributed by atoms with van der Waals surface area (Å²) >= 11 is 0. The summed E-state index contributed by atoms with van der Waals surface area (Å²) in [5, 5.41) is 0. The van der Waals surface area contributed by atoms with Crippen LogP contribution in [0.3, 0.4) is 0 Å². The Hall–Kier alpha value is -1.32. The first-order chi connectivity index (χ1) is 6.73. The van der Waals surface area contributed by atoms with E-state index in [-0.39, 0.29) is 11.1 Å². The zero-order chi connectivity index (χ0) is 11.8. The number of benzene rings is 1. The number of carbonyl (C=O) groups excluding carboxylic acids is 1. The standard InChI is InChI=1S/C11H11F3O/c1-6-4-8(7(2)15)9(5-10(6)12)11(3,13)14/h4-5H,1-3H3. The molecule has 0 unspecified atom stereocenters. The van der Waals surface area contributed by atoms with Gasteiger partial charge in [0.15, 0.2) is 5.78 Å². The van der Waals surface area contributed by atoms with Gasteiger partial charge in [-0.3, -0.25) is 4.79 Å². The zero-order valence-corrected chi connectivity index (χ0v) is 8.70. The minimum absolute atomic E-state index is 0.124. The smallest absolute Gasteiger partial charge is 0.271 e. The number of aryl methyl sites for hydroxylation is 1. The number of hydrogen-bond donors (Lipinski definition) is 0. The van der Waals surface area contributed by atoms with Gasteiger partial charge in [-0.25, -0.2) is 13.2 Å². The minimum atomic E-state index is -3.21. The number of halogens is 3. The van der Waals surface area contributed by atoms with Crippen LogP contribution in [0.2, 0.25) is 0 Å². The molecule has 1 nitrogen and oxygen atoms in total. The number of alkyl halides is 2. The number of hydrogen-bond acceptors (Lipinski definition) is 1. The molecule has 0 saturated carbocycles. The van der Waals surface area contributed by atoms with Crippen LogP contribution >= 0.6 is 0 Å². The van der Waals surface area contributed by atoms with Crippen LogP contribution in [0.15, 0.2) is 12.1 Å². The quantitative estimate of drug-likeness (QED) is 0.692. The third kappa shape index (κ3) is 2.37. The van der Waals surface area contributed by atoms with Crippen molar-refractivity contribution >= 4 is 5.78 Å². The molecule has 0 saturated heterocycles. The second-order valence-corrected chi connectivity index (χ2v) is 3.59. The van der Waals surface area contributed by atoms with Crippen molar-refractivity contribution in [2.45, 2.75) is 26.7 Å². The van der Waals surface area contributed by atoms with Crippen LogP contribution in [0, 0.1) is 12.7 Å². The van der Waals surface area contributed by atoms with E-state index in [1.165, 1.54) is 13.8 Å². The van der Waals surface area contributed by atoms with Crippen LogP contribution in [0.5, 0.6) is 0 Å². The van der Waals surface area contributed by atoms with Crippen LogP contribution in [0.25, 0.3) is 0 Å². The lowest BCUT2D eigenvalue weighted by molar-refractivity contribution is 0.0161. The molecule has 82 valence electrons. The highest BCUT2D eigenvalue weighted by atomic mass is 19.3. The highest BCUT2D eigenvalue weighted by Gasteiger charge is 2.29. The Balaban J connectivity index is 3.49. The van der Waals surface area contributed by atoms with Gasteiger partial charge in [-0.1, -0.05) is 0 Å². The van der Waals surface area contributed by atoms with Gasteiger partial charge in [-0.2, -0.15) is 0 Å². The highest BCUT2D eigenvalue weighted by Crippen LogP contribution is 2.31. The molecule has 0 radical (unpaired) electrons. The summed E-state index contributed by atoms with van der Waals surface area (Å²) in [4.78, 5) is 11.1. The molecule has 0 spiro atoms. The molecule has 0 bridgehead atoms. The van der Waals surface area contributed by atoms with Crippen molar-refractivity contribution < 1.29 is 18.0 Å². The van der Waals surface area contributed by atoms with Crippen molar-refractivity contribution in [3.05, 3.63) is 34.6 Å². The molecule has 15 heavy (non-hydrogen) atoms. The Morgan fingerprint density at radius 1 is 1.33 bits per heavy atom. The third-order valence-electron chi connectivity index (χ3n) is 2.15. The van der Waals surface area contributed by atoms with Gasteiger partial charge in [0.2, 0.25) is 0 Å². The normalized spacial score (nSPS) is 11.6. The average Bonchev–Trinajstić information content (AvgIpc) is 2.06. The summed E-state index contributed by atoms with van der Waals surface area (Å²) in [7, 11) is 0. The van der Waals surface area contributed by atoms with E-state index >= 15 is 0 Å². The SMILES string of the molecule is CC(=O)c1cc(C)c(F)cc1C(C)(F)F. The first kappa shape index (κ1) is 11.8. The minimum Gasteiger partial charge on any atom is -0.294 e. The van der Waals surface area contributed by atoms with Crippen LogP contribution in [-0.4, -0.2) is 5.78 Å². The molecule has 0 fully saturated rings. The molecule has 0 N–H and O–H groups in total. The largest absolute Gasteiger partial charge is 0.294 e. The first-order valence-corrected chi connectivity index (χ1v) is 4.43. The van der Waals surface area contributed by atoms with Gasteiger partial charge in [0.05, 0.1) is 0 Å². The maximum absolute atomic E-state index is 13.1. The van der Waals surface area contributed by atoms with Gasteiger partial charge in [-0.05, 0) is 31.5 Å². The molecule has 0 atom stereocenters. The summed E-state index contributed by atoms with van der Waals surface area (Å²) in [5.41, 5.74) is -0.493. The molecule has 0 aliphatic heterocycles. The summed E-state index contributed by atoms with van der Waals surface area (Å²) < 4.78 is 39.2. The van der Waals surface area contributed by atoms with Gasteiger partial charge in [0.1, 0.15) is 5.82 Å². The Morgan fingerprint density at radius 3 is 2.27 bits per heavy atom. The fourth-order valence-electron chi connectivity index (χ4n) is 1.34. The highest BCUT2D eigenvalue weighted by molar-refractivity contribution is 5.96. The van der Waals surface area contributed by atoms with Crippen molar-refractivity contribution in [2.75, 3.05) is 0 Å². The van der Waals surface area contributed by atoms with Gasteiger partial charge >= 0.3 is 0 Å². The maximum atomic E-state index is 13.1. The Labute approximate surface area is 85.9 Å². The van der Waals surface area contributed by atoms with E-state index < -0.39 is 23.1 Å². The molecule has 4 heteroatoms. The molecule has 1 aromatic rings. The predicted molar refractivity (Wildman–Crippen MR) is 50.7 cm³/mol. The lowest BCUT2D eigenvalue weighted by atomic mass is 9.97. The van der Waals surface area contributed by atoms with E-state index in [0.29, 0.717) is 6.92 Å². The topological polar surface area (TPSA) is 17.1 Å². The molecule has 1 aromatic carbocycles. The number of ketones is 1. The van der Waals surface area contributed by atoms with Crippen LogP contribution in [-0.2, 0) is 5.92 Å². The number of carbonyl (C=O) groups is 1. The third-order valence-corrected chi connectivity index (χ3v) is 2.15. The molecular weight excluding hydrogens is 205 g/mol. The number of rotatable bonds is 2. The van der Waals surface area contributed by atoms with Gasteiger partial charge in [-0.15, -0.1) is 0 Å². The Bertz CT molecular complexity index is 405. The average molecular weight is 216 g/mol. The lowest BCUT2D eigenvalue weighted by Gasteiger charge is -2.15. The fraction of sp³-hybridized carbons (Fsp3) is 0.364. The molecule has 0 aliphatic carbocycles. The Morgan fingerprint density at radius 2 is 1.87 bits per heavy atom. The van der Waals surface area contributed by atoms with Crippen LogP contribution in [0.4, 0.5) is 13.2 Å². The van der Waals surface area contributed by atoms with Crippen molar-refractivity contribution in [3.8, 4) is 0 Å². The summed E-state index contributed by atoms with van der Waals surface area (Å²) in [6, 6.07) is 1.89. The van der Waals surface area contributed by atoms with Crippen molar-refractivity contribution in [2.24, 2.45) is 0 Å². The molecule has 0 aliphatic rings. The fourth-order valence-corrected chi connectivity index (χ4v) is 1.34. The Kier molecular flexibility index (Phi) is 2.88. The van der Waals surface area contributed by atoms with E-state index in [0.717, 1.165) is 12.1 Å².